The number of imidazole rings is 1. The van der Waals surface area contributed by atoms with Crippen molar-refractivity contribution in [1.82, 2.24) is 25.6 Å². The molecule has 1 aliphatic heterocycles. The van der Waals surface area contributed by atoms with Crippen molar-refractivity contribution in [2.45, 2.75) is 52.1 Å². The van der Waals surface area contributed by atoms with E-state index in [0.29, 0.717) is 33.6 Å². The molecule has 3 N–H and O–H groups in total. The number of nitrogens with zero attached hydrogens (tertiary/aromatic N) is 3. The summed E-state index contributed by atoms with van der Waals surface area (Å²) < 4.78 is 5.94. The lowest BCUT2D eigenvalue weighted by Crippen LogP contribution is -2.44. The normalized spacial score (nSPS) is 14.3. The predicted octanol–water partition coefficient (Wildman–Crippen LogP) is 5.55. The average Bonchev–Trinajstić information content (AvgIpc) is 3.29. The summed E-state index contributed by atoms with van der Waals surface area (Å²) in [4.78, 5) is 37.5. The van der Waals surface area contributed by atoms with E-state index in [1.807, 2.05) is 50.2 Å². The van der Waals surface area contributed by atoms with E-state index in [0.717, 1.165) is 42.7 Å². The highest BCUT2D eigenvalue weighted by Gasteiger charge is 2.22. The minimum absolute atomic E-state index is 0.0257. The number of benzene rings is 2. The Hall–Kier alpha value is -4.11. The second-order valence-electron chi connectivity index (χ2n) is 10.7. The second-order valence-corrected chi connectivity index (χ2v) is 11.1. The van der Waals surface area contributed by atoms with Gasteiger partial charge in [-0.05, 0) is 62.6 Å². The molecule has 4 aromatic rings. The zero-order valence-corrected chi connectivity index (χ0v) is 23.8. The molecule has 0 saturated carbocycles. The average molecular weight is 561 g/mol. The van der Waals surface area contributed by atoms with Crippen molar-refractivity contribution in [3.63, 3.8) is 0 Å². The van der Waals surface area contributed by atoms with Crippen molar-refractivity contribution >= 4 is 40.3 Å². The lowest BCUT2D eigenvalue weighted by molar-refractivity contribution is -0.121. The number of aromatic nitrogens is 3. The van der Waals surface area contributed by atoms with Crippen LogP contribution in [0, 0.1) is 0 Å². The maximum Gasteiger partial charge on any atom is 0.301 e. The molecule has 10 heteroatoms. The third-order valence-corrected chi connectivity index (χ3v) is 7.38. The monoisotopic (exact) mass is 560 g/mol. The fourth-order valence-corrected chi connectivity index (χ4v) is 5.37. The molecule has 2 aromatic heterocycles. The Bertz CT molecular complexity index is 1520. The lowest BCUT2D eigenvalue weighted by atomic mass is 9.94. The van der Waals surface area contributed by atoms with Gasteiger partial charge in [0.25, 0.3) is 0 Å². The molecule has 2 aromatic carbocycles. The van der Waals surface area contributed by atoms with E-state index in [4.69, 9.17) is 21.3 Å². The Morgan fingerprint density at radius 1 is 1.00 bits per heavy atom. The molecule has 40 heavy (non-hydrogen) atoms. The second kappa shape index (κ2) is 11.2. The highest BCUT2D eigenvalue weighted by Crippen LogP contribution is 2.32. The fraction of sp³-hybridized carbons (Fsp3) is 0.333. The number of pyridine rings is 1. The van der Waals surface area contributed by atoms with Crippen molar-refractivity contribution in [3.8, 4) is 23.0 Å². The van der Waals surface area contributed by atoms with Crippen LogP contribution in [0.15, 0.2) is 54.6 Å². The number of carbonyl (C=O) groups is 2. The summed E-state index contributed by atoms with van der Waals surface area (Å²) in [5, 5.41) is 6.46. The summed E-state index contributed by atoms with van der Waals surface area (Å²) in [6, 6.07) is 18.0. The van der Waals surface area contributed by atoms with Crippen molar-refractivity contribution in [2.75, 3.05) is 18.0 Å². The number of hydrogen-bond acceptors (Lipinski definition) is 6. The molecule has 0 radical (unpaired) electrons. The molecule has 0 spiro atoms. The maximum absolute atomic E-state index is 11.5. The van der Waals surface area contributed by atoms with Crippen molar-refractivity contribution in [3.05, 3.63) is 65.2 Å². The standard InChI is InChI=1S/C30H33ClN6O3/c1-18(38)32-22-13-15-37(16-14-22)23-9-5-20(6-10-23)27-25(31)17-26-28(34-27)35-29(33-26)40-24-11-7-21(8-12-24)30(3,4)36-19(2)39/h5-12,17,22H,13-16H2,1-4H3,(H,32,38)(H,36,39)(H,33,34,35). The van der Waals surface area contributed by atoms with E-state index in [1.165, 1.54) is 6.92 Å². The number of nitrogens with one attached hydrogen (secondary N) is 3. The van der Waals surface area contributed by atoms with Gasteiger partial charge in [-0.2, -0.15) is 4.98 Å². The van der Waals surface area contributed by atoms with Gasteiger partial charge in [-0.25, -0.2) is 4.98 Å². The molecular weight excluding hydrogens is 528 g/mol. The smallest absolute Gasteiger partial charge is 0.301 e. The number of H-pyrrole nitrogens is 1. The van der Waals surface area contributed by atoms with Crippen LogP contribution in [-0.4, -0.2) is 45.9 Å². The van der Waals surface area contributed by atoms with Gasteiger partial charge in [0.15, 0.2) is 5.65 Å². The molecule has 0 atom stereocenters. The van der Waals surface area contributed by atoms with Crippen LogP contribution in [0.2, 0.25) is 5.02 Å². The Kier molecular flexibility index (Phi) is 7.67. The molecule has 0 bridgehead atoms. The minimum atomic E-state index is -0.496. The lowest BCUT2D eigenvalue weighted by Gasteiger charge is -2.33. The van der Waals surface area contributed by atoms with E-state index in [9.17, 15) is 9.59 Å². The number of hydrogen-bond donors (Lipinski definition) is 3. The highest BCUT2D eigenvalue weighted by atomic mass is 35.5. The van der Waals surface area contributed by atoms with Crippen LogP contribution in [0.5, 0.6) is 11.8 Å². The Balaban J connectivity index is 1.28. The van der Waals surface area contributed by atoms with Gasteiger partial charge in [0, 0.05) is 44.2 Å². The quantitative estimate of drug-likeness (QED) is 0.273. The van der Waals surface area contributed by atoms with Crippen LogP contribution in [0.1, 0.15) is 46.1 Å². The zero-order chi connectivity index (χ0) is 28.4. The van der Waals surface area contributed by atoms with Gasteiger partial charge in [0.2, 0.25) is 11.8 Å². The first kappa shape index (κ1) is 27.5. The van der Waals surface area contributed by atoms with E-state index in [2.05, 4.69) is 37.6 Å². The van der Waals surface area contributed by atoms with E-state index >= 15 is 0 Å². The van der Waals surface area contributed by atoms with Crippen molar-refractivity contribution in [2.24, 2.45) is 0 Å². The van der Waals surface area contributed by atoms with Gasteiger partial charge in [-0.15, -0.1) is 0 Å². The summed E-state index contributed by atoms with van der Waals surface area (Å²) in [6.45, 7) is 8.74. The number of piperidine rings is 1. The first-order valence-corrected chi connectivity index (χ1v) is 13.7. The molecule has 1 saturated heterocycles. The van der Waals surface area contributed by atoms with E-state index < -0.39 is 5.54 Å². The van der Waals surface area contributed by atoms with Crippen LogP contribution < -0.4 is 20.3 Å². The molecule has 208 valence electrons. The summed E-state index contributed by atoms with van der Waals surface area (Å²) in [7, 11) is 0. The van der Waals surface area contributed by atoms with Gasteiger partial charge < -0.3 is 25.3 Å². The largest absolute Gasteiger partial charge is 0.426 e. The van der Waals surface area contributed by atoms with Crippen molar-refractivity contribution < 1.29 is 14.3 Å². The number of ether oxygens (including phenoxy) is 1. The number of aromatic amines is 1. The highest BCUT2D eigenvalue weighted by molar-refractivity contribution is 6.33. The molecule has 1 fully saturated rings. The summed E-state index contributed by atoms with van der Waals surface area (Å²) >= 11 is 6.62. The number of carbonyl (C=O) groups excluding carboxylic acids is 2. The molecule has 3 heterocycles. The molecule has 1 aliphatic rings. The number of rotatable bonds is 7. The molecule has 9 nitrogen and oxygen atoms in total. The Labute approximate surface area is 238 Å². The van der Waals surface area contributed by atoms with Crippen molar-refractivity contribution in [1.29, 1.82) is 0 Å². The van der Waals surface area contributed by atoms with Crippen LogP contribution in [0.25, 0.3) is 22.4 Å². The zero-order valence-electron chi connectivity index (χ0n) is 23.0. The summed E-state index contributed by atoms with van der Waals surface area (Å²) in [5.74, 6) is 0.538. The third-order valence-electron chi connectivity index (χ3n) is 7.09. The molecule has 0 aliphatic carbocycles. The molecule has 2 amide bonds. The third kappa shape index (κ3) is 6.20. The van der Waals surface area contributed by atoms with E-state index in [-0.39, 0.29) is 17.9 Å². The SMILES string of the molecule is CC(=O)NC1CCN(c2ccc(-c3nc4nc(Oc5ccc(C(C)(C)NC(C)=O)cc5)[nH]c4cc3Cl)cc2)CC1. The van der Waals surface area contributed by atoms with Crippen LogP contribution in [0.4, 0.5) is 5.69 Å². The molecular formula is C30H33ClN6O3. The van der Waals surface area contributed by atoms with Crippen LogP contribution >= 0.6 is 11.6 Å². The van der Waals surface area contributed by atoms with Gasteiger partial charge >= 0.3 is 6.01 Å². The number of anilines is 1. The Morgan fingerprint density at radius 3 is 2.30 bits per heavy atom. The van der Waals surface area contributed by atoms with Gasteiger partial charge in [0.1, 0.15) is 5.75 Å². The minimum Gasteiger partial charge on any atom is -0.426 e. The summed E-state index contributed by atoms with van der Waals surface area (Å²) in [5.41, 5.74) is 4.30. The number of halogens is 1. The predicted molar refractivity (Wildman–Crippen MR) is 157 cm³/mol. The Morgan fingerprint density at radius 2 is 1.68 bits per heavy atom. The number of fused-ring (bicyclic) bond motifs is 1. The van der Waals surface area contributed by atoms with Crippen LogP contribution in [-0.2, 0) is 15.1 Å². The van der Waals surface area contributed by atoms with Gasteiger partial charge in [0.05, 0.1) is 21.8 Å². The fourth-order valence-electron chi connectivity index (χ4n) is 5.11. The van der Waals surface area contributed by atoms with E-state index in [1.54, 1.807) is 13.0 Å². The summed E-state index contributed by atoms with van der Waals surface area (Å²) in [6.07, 6.45) is 1.85. The number of amides is 2. The first-order chi connectivity index (χ1) is 19.1. The maximum atomic E-state index is 11.5. The first-order valence-electron chi connectivity index (χ1n) is 13.3. The molecule has 5 rings (SSSR count). The molecule has 0 unspecified atom stereocenters. The van der Waals surface area contributed by atoms with Gasteiger partial charge in [-0.1, -0.05) is 35.9 Å². The van der Waals surface area contributed by atoms with Gasteiger partial charge in [-0.3, -0.25) is 9.59 Å². The topological polar surface area (TPSA) is 112 Å². The van der Waals surface area contributed by atoms with Crippen LogP contribution in [0.3, 0.4) is 0 Å².